The fraction of sp³-hybridized carbons (Fsp3) is 0.538. The molecule has 0 aliphatic carbocycles. The molecule has 6 heteroatoms. The van der Waals surface area contributed by atoms with E-state index < -0.39 is 0 Å². The summed E-state index contributed by atoms with van der Waals surface area (Å²) in [7, 11) is 0. The summed E-state index contributed by atoms with van der Waals surface area (Å²) in [5, 5.41) is 2.93. The number of anilines is 1. The largest absolute Gasteiger partial charge is 0.378 e. The van der Waals surface area contributed by atoms with E-state index in [2.05, 4.69) is 15.7 Å². The normalized spacial score (nSPS) is 22.3. The van der Waals surface area contributed by atoms with E-state index in [1.165, 1.54) is 0 Å². The third kappa shape index (κ3) is 3.42. The number of hydrogen-bond acceptors (Lipinski definition) is 5. The minimum atomic E-state index is -0.110. The molecule has 4 N–H and O–H groups in total. The fourth-order valence-corrected chi connectivity index (χ4v) is 2.24. The van der Waals surface area contributed by atoms with E-state index in [1.807, 2.05) is 13.8 Å². The van der Waals surface area contributed by atoms with Crippen LogP contribution in [0.1, 0.15) is 29.4 Å². The molecule has 0 spiro atoms. The second-order valence-electron chi connectivity index (χ2n) is 4.86. The van der Waals surface area contributed by atoms with E-state index >= 15 is 0 Å². The lowest BCUT2D eigenvalue weighted by molar-refractivity contribution is 0.0907. The van der Waals surface area contributed by atoms with Crippen LogP contribution in [0.5, 0.6) is 0 Å². The van der Waals surface area contributed by atoms with Crippen molar-refractivity contribution in [3.63, 3.8) is 0 Å². The molecule has 1 aromatic heterocycles. The smallest absolute Gasteiger partial charge is 0.251 e. The first-order valence-electron chi connectivity index (χ1n) is 6.45. The van der Waals surface area contributed by atoms with Crippen LogP contribution in [0.15, 0.2) is 12.1 Å². The highest BCUT2D eigenvalue weighted by molar-refractivity contribution is 5.94. The number of hydrazine groups is 1. The number of hydrogen-bond donors (Lipinski definition) is 3. The summed E-state index contributed by atoms with van der Waals surface area (Å²) < 4.78 is 5.47. The lowest BCUT2D eigenvalue weighted by Crippen LogP contribution is -2.32. The zero-order chi connectivity index (χ0) is 13.8. The zero-order valence-corrected chi connectivity index (χ0v) is 11.3. The standard InChI is InChI=1S/C13H20N4O2/c1-8-5-11(6-12(16-8)17-14)13(18)15-7-10-3-4-19-9(10)2/h5-6,9-10H,3-4,7,14H2,1-2H3,(H,15,18)(H,16,17). The molecule has 2 heterocycles. The molecule has 1 saturated heterocycles. The van der Waals surface area contributed by atoms with Crippen molar-refractivity contribution in [2.45, 2.75) is 26.4 Å². The summed E-state index contributed by atoms with van der Waals surface area (Å²) in [6.45, 7) is 5.27. The summed E-state index contributed by atoms with van der Waals surface area (Å²) in [5.41, 5.74) is 3.77. The average Bonchev–Trinajstić information content (AvgIpc) is 2.80. The Morgan fingerprint density at radius 2 is 2.37 bits per heavy atom. The van der Waals surface area contributed by atoms with Crippen molar-refractivity contribution in [3.8, 4) is 0 Å². The van der Waals surface area contributed by atoms with E-state index in [9.17, 15) is 4.79 Å². The predicted octanol–water partition coefficient (Wildman–Crippen LogP) is 0.830. The summed E-state index contributed by atoms with van der Waals surface area (Å²) in [4.78, 5) is 16.2. The van der Waals surface area contributed by atoms with Gasteiger partial charge in [0.15, 0.2) is 0 Å². The van der Waals surface area contributed by atoms with Crippen molar-refractivity contribution in [3.05, 3.63) is 23.4 Å². The van der Waals surface area contributed by atoms with Gasteiger partial charge in [0.05, 0.1) is 6.10 Å². The Kier molecular flexibility index (Phi) is 4.34. The summed E-state index contributed by atoms with van der Waals surface area (Å²) in [5.74, 6) is 6.09. The minimum Gasteiger partial charge on any atom is -0.378 e. The molecule has 2 unspecified atom stereocenters. The Hall–Kier alpha value is -1.66. The van der Waals surface area contributed by atoms with E-state index in [1.54, 1.807) is 12.1 Å². The molecule has 2 rings (SSSR count). The van der Waals surface area contributed by atoms with Gasteiger partial charge in [0, 0.05) is 30.3 Å². The van der Waals surface area contributed by atoms with Crippen molar-refractivity contribution < 1.29 is 9.53 Å². The fourth-order valence-electron chi connectivity index (χ4n) is 2.24. The molecular weight excluding hydrogens is 244 g/mol. The maximum absolute atomic E-state index is 12.1. The molecule has 1 fully saturated rings. The number of aromatic nitrogens is 1. The highest BCUT2D eigenvalue weighted by Gasteiger charge is 2.24. The third-order valence-electron chi connectivity index (χ3n) is 3.42. The van der Waals surface area contributed by atoms with Gasteiger partial charge in [0.1, 0.15) is 5.82 Å². The first-order valence-corrected chi connectivity index (χ1v) is 6.45. The molecule has 1 aromatic rings. The third-order valence-corrected chi connectivity index (χ3v) is 3.42. The first-order chi connectivity index (χ1) is 9.10. The van der Waals surface area contributed by atoms with Gasteiger partial charge in [0.2, 0.25) is 0 Å². The SMILES string of the molecule is Cc1cc(C(=O)NCC2CCOC2C)cc(NN)n1. The van der Waals surface area contributed by atoms with Crippen LogP contribution in [0.25, 0.3) is 0 Å². The van der Waals surface area contributed by atoms with E-state index in [-0.39, 0.29) is 12.0 Å². The summed E-state index contributed by atoms with van der Waals surface area (Å²) in [6.07, 6.45) is 1.20. The van der Waals surface area contributed by atoms with Crippen molar-refractivity contribution >= 4 is 11.7 Å². The number of carbonyl (C=O) groups is 1. The van der Waals surface area contributed by atoms with Crippen LogP contribution in [0.3, 0.4) is 0 Å². The Balaban J connectivity index is 1.97. The quantitative estimate of drug-likeness (QED) is 0.553. The number of nitrogens with two attached hydrogens (primary N) is 1. The number of carbonyl (C=O) groups excluding carboxylic acids is 1. The van der Waals surface area contributed by atoms with Gasteiger partial charge in [-0.1, -0.05) is 0 Å². The molecular formula is C13H20N4O2. The number of nitrogen functional groups attached to an aromatic ring is 1. The van der Waals surface area contributed by atoms with Crippen LogP contribution in [0.2, 0.25) is 0 Å². The molecule has 6 nitrogen and oxygen atoms in total. The van der Waals surface area contributed by atoms with Crippen LogP contribution in [0.4, 0.5) is 5.82 Å². The number of nitrogens with one attached hydrogen (secondary N) is 2. The van der Waals surface area contributed by atoms with Crippen LogP contribution >= 0.6 is 0 Å². The van der Waals surface area contributed by atoms with Gasteiger partial charge in [-0.25, -0.2) is 10.8 Å². The second kappa shape index (κ2) is 5.99. The molecule has 2 atom stereocenters. The molecule has 1 aliphatic rings. The lowest BCUT2D eigenvalue weighted by atomic mass is 10.0. The number of nitrogens with zero attached hydrogens (tertiary/aromatic N) is 1. The van der Waals surface area contributed by atoms with Crippen molar-refractivity contribution in [2.24, 2.45) is 11.8 Å². The molecule has 19 heavy (non-hydrogen) atoms. The minimum absolute atomic E-state index is 0.110. The second-order valence-corrected chi connectivity index (χ2v) is 4.86. The van der Waals surface area contributed by atoms with Crippen molar-refractivity contribution in [1.29, 1.82) is 0 Å². The predicted molar refractivity (Wildman–Crippen MR) is 72.6 cm³/mol. The summed E-state index contributed by atoms with van der Waals surface area (Å²) >= 11 is 0. The van der Waals surface area contributed by atoms with Gasteiger partial charge in [-0.2, -0.15) is 0 Å². The zero-order valence-electron chi connectivity index (χ0n) is 11.3. The molecule has 1 amide bonds. The summed E-state index contributed by atoms with van der Waals surface area (Å²) in [6, 6.07) is 3.38. The van der Waals surface area contributed by atoms with E-state index in [0.717, 1.165) is 18.7 Å². The first kappa shape index (κ1) is 13.8. The van der Waals surface area contributed by atoms with Gasteiger partial charge >= 0.3 is 0 Å². The topological polar surface area (TPSA) is 89.3 Å². The Morgan fingerprint density at radius 3 is 3.00 bits per heavy atom. The number of rotatable bonds is 4. The molecule has 0 radical (unpaired) electrons. The Bertz CT molecular complexity index is 464. The number of amides is 1. The molecule has 1 aliphatic heterocycles. The van der Waals surface area contributed by atoms with Crippen LogP contribution < -0.4 is 16.6 Å². The van der Waals surface area contributed by atoms with Crippen molar-refractivity contribution in [2.75, 3.05) is 18.6 Å². The monoisotopic (exact) mass is 264 g/mol. The lowest BCUT2D eigenvalue weighted by Gasteiger charge is -2.15. The number of pyridine rings is 1. The van der Waals surface area contributed by atoms with Gasteiger partial charge in [-0.3, -0.25) is 4.79 Å². The highest BCUT2D eigenvalue weighted by Crippen LogP contribution is 2.19. The van der Waals surface area contributed by atoms with E-state index in [4.69, 9.17) is 10.6 Å². The van der Waals surface area contributed by atoms with E-state index in [0.29, 0.717) is 23.8 Å². The number of aryl methyl sites for hydroxylation is 1. The van der Waals surface area contributed by atoms with Gasteiger partial charge in [-0.15, -0.1) is 0 Å². The molecule has 0 bridgehead atoms. The van der Waals surface area contributed by atoms with Gasteiger partial charge < -0.3 is 15.5 Å². The molecule has 104 valence electrons. The average molecular weight is 264 g/mol. The van der Waals surface area contributed by atoms with Crippen LogP contribution in [-0.2, 0) is 4.74 Å². The molecule has 0 saturated carbocycles. The van der Waals surface area contributed by atoms with Gasteiger partial charge in [-0.05, 0) is 32.4 Å². The Labute approximate surface area is 112 Å². The maximum atomic E-state index is 12.1. The van der Waals surface area contributed by atoms with Crippen LogP contribution in [0, 0.1) is 12.8 Å². The van der Waals surface area contributed by atoms with Crippen molar-refractivity contribution in [1.82, 2.24) is 10.3 Å². The number of ether oxygens (including phenoxy) is 1. The van der Waals surface area contributed by atoms with Gasteiger partial charge in [0.25, 0.3) is 5.91 Å². The molecule has 0 aromatic carbocycles. The van der Waals surface area contributed by atoms with Crippen LogP contribution in [-0.4, -0.2) is 30.1 Å². The maximum Gasteiger partial charge on any atom is 0.251 e. The Morgan fingerprint density at radius 1 is 1.58 bits per heavy atom. The highest BCUT2D eigenvalue weighted by atomic mass is 16.5.